The Morgan fingerprint density at radius 2 is 2.33 bits per heavy atom. The highest BCUT2D eigenvalue weighted by atomic mass is 16.5. The molecule has 0 aromatic heterocycles. The fourth-order valence-electron chi connectivity index (χ4n) is 0.838. The van der Waals surface area contributed by atoms with Gasteiger partial charge in [-0.2, -0.15) is 0 Å². The molecule has 5 heteroatoms. The molecule has 0 aromatic rings. The molecule has 0 radical (unpaired) electrons. The number of hydrogen-bond donors (Lipinski definition) is 1. The Bertz CT molecular complexity index is 159. The van der Waals surface area contributed by atoms with E-state index in [-0.39, 0.29) is 6.54 Å². The second kappa shape index (κ2) is 5.54. The normalized spacial score (nSPS) is 12.6. The third-order valence-electron chi connectivity index (χ3n) is 1.51. The summed E-state index contributed by atoms with van der Waals surface area (Å²) in [5, 5.41) is 8.45. The summed E-state index contributed by atoms with van der Waals surface area (Å²) in [6.07, 6.45) is -0.483. The van der Waals surface area contributed by atoms with Crippen LogP contribution in [0.2, 0.25) is 0 Å². The van der Waals surface area contributed by atoms with E-state index < -0.39 is 12.2 Å². The van der Waals surface area contributed by atoms with Crippen molar-refractivity contribution in [3.63, 3.8) is 0 Å². The van der Waals surface area contributed by atoms with Crippen molar-refractivity contribution in [1.82, 2.24) is 4.90 Å². The van der Waals surface area contributed by atoms with Crippen molar-refractivity contribution in [2.24, 2.45) is 0 Å². The van der Waals surface area contributed by atoms with Gasteiger partial charge in [-0.15, -0.1) is 0 Å². The topological polar surface area (TPSA) is 66.8 Å². The lowest BCUT2D eigenvalue weighted by Crippen LogP contribution is -2.38. The van der Waals surface area contributed by atoms with Crippen LogP contribution in [0.5, 0.6) is 0 Å². The number of rotatable bonds is 6. The molecule has 0 spiro atoms. The zero-order chi connectivity index (χ0) is 9.56. The molecule has 5 nitrogen and oxygen atoms in total. The van der Waals surface area contributed by atoms with Crippen molar-refractivity contribution < 1.29 is 19.4 Å². The number of carbonyl (C=O) groups is 2. The quantitative estimate of drug-likeness (QED) is 0.451. The number of hydrogen-bond acceptors (Lipinski definition) is 4. The van der Waals surface area contributed by atoms with E-state index >= 15 is 0 Å². The van der Waals surface area contributed by atoms with Crippen molar-refractivity contribution in [1.29, 1.82) is 0 Å². The zero-order valence-electron chi connectivity index (χ0n) is 7.19. The molecule has 0 amide bonds. The highest BCUT2D eigenvalue weighted by Gasteiger charge is 2.14. The number of aliphatic carboxylic acids is 1. The summed E-state index contributed by atoms with van der Waals surface area (Å²) in [5.74, 6) is -0.932. The Morgan fingerprint density at radius 3 is 2.67 bits per heavy atom. The Balaban J connectivity index is 3.94. The molecular formula is C7H13NO4. The van der Waals surface area contributed by atoms with E-state index in [0.29, 0.717) is 13.0 Å². The number of carboxylic acid groups (broad SMARTS) is 1. The number of carbonyl (C=O) groups excluding carboxylic acids is 1. The maximum absolute atomic E-state index is 10.3. The average Bonchev–Trinajstić information content (AvgIpc) is 2.00. The summed E-state index contributed by atoms with van der Waals surface area (Å²) in [6.45, 7) is 4.15. The van der Waals surface area contributed by atoms with E-state index in [1.54, 1.807) is 13.8 Å². The van der Waals surface area contributed by atoms with Gasteiger partial charge in [0.15, 0.2) is 6.23 Å². The van der Waals surface area contributed by atoms with Crippen LogP contribution in [0.25, 0.3) is 0 Å². The van der Waals surface area contributed by atoms with E-state index in [1.807, 2.05) is 0 Å². The third kappa shape index (κ3) is 3.92. The first kappa shape index (κ1) is 10.9. The van der Waals surface area contributed by atoms with Crippen LogP contribution in [0.3, 0.4) is 0 Å². The Morgan fingerprint density at radius 1 is 1.75 bits per heavy atom. The lowest BCUT2D eigenvalue weighted by Gasteiger charge is -2.23. The molecule has 0 bridgehead atoms. The molecule has 1 unspecified atom stereocenters. The number of likely N-dealkylation sites (N-methyl/N-ethyl adjacent to an activating group) is 1. The third-order valence-corrected chi connectivity index (χ3v) is 1.51. The Kier molecular flexibility index (Phi) is 5.03. The number of nitrogens with zero attached hydrogens (tertiary/aromatic N) is 1. The van der Waals surface area contributed by atoms with E-state index in [1.165, 1.54) is 4.90 Å². The molecule has 0 saturated heterocycles. The van der Waals surface area contributed by atoms with Gasteiger partial charge in [0.05, 0.1) is 6.54 Å². The van der Waals surface area contributed by atoms with Crippen LogP contribution in [0.15, 0.2) is 0 Å². The molecule has 0 saturated carbocycles. The van der Waals surface area contributed by atoms with Crippen molar-refractivity contribution >= 4 is 12.4 Å². The minimum absolute atomic E-state index is 0.120. The minimum atomic E-state index is -0.932. The van der Waals surface area contributed by atoms with Crippen LogP contribution >= 0.6 is 0 Å². The first-order valence-electron chi connectivity index (χ1n) is 3.66. The summed E-state index contributed by atoms with van der Waals surface area (Å²) in [5.41, 5.74) is 0. The highest BCUT2D eigenvalue weighted by molar-refractivity contribution is 5.69. The maximum atomic E-state index is 10.3. The van der Waals surface area contributed by atoms with Gasteiger partial charge in [0, 0.05) is 0 Å². The van der Waals surface area contributed by atoms with Crippen molar-refractivity contribution in [2.45, 2.75) is 20.1 Å². The molecule has 0 rings (SSSR count). The molecular weight excluding hydrogens is 162 g/mol. The van der Waals surface area contributed by atoms with E-state index in [4.69, 9.17) is 5.11 Å². The van der Waals surface area contributed by atoms with Gasteiger partial charge in [-0.05, 0) is 13.5 Å². The Labute approximate surface area is 70.9 Å². The van der Waals surface area contributed by atoms with Gasteiger partial charge < -0.3 is 9.84 Å². The van der Waals surface area contributed by atoms with Gasteiger partial charge in [-0.3, -0.25) is 14.5 Å². The van der Waals surface area contributed by atoms with Gasteiger partial charge >= 0.3 is 5.97 Å². The first-order valence-corrected chi connectivity index (χ1v) is 3.66. The molecule has 0 aliphatic rings. The second-order valence-electron chi connectivity index (χ2n) is 2.29. The summed E-state index contributed by atoms with van der Waals surface area (Å²) in [6, 6.07) is 0. The van der Waals surface area contributed by atoms with Crippen LogP contribution in [-0.4, -0.2) is 41.8 Å². The smallest absolute Gasteiger partial charge is 0.317 e. The lowest BCUT2D eigenvalue weighted by molar-refractivity contribution is -0.149. The van der Waals surface area contributed by atoms with E-state index in [2.05, 4.69) is 4.74 Å². The summed E-state index contributed by atoms with van der Waals surface area (Å²) < 4.78 is 4.58. The van der Waals surface area contributed by atoms with E-state index in [0.717, 1.165) is 0 Å². The lowest BCUT2D eigenvalue weighted by atomic mass is 10.4. The molecule has 0 aliphatic carbocycles. The molecule has 0 aromatic carbocycles. The van der Waals surface area contributed by atoms with Crippen molar-refractivity contribution in [3.05, 3.63) is 0 Å². The zero-order valence-corrected chi connectivity index (χ0v) is 7.19. The summed E-state index contributed by atoms with van der Waals surface area (Å²) in [4.78, 5) is 21.7. The SMILES string of the molecule is CCN(CC(=O)O)C(C)OC=O. The molecule has 12 heavy (non-hydrogen) atoms. The standard InChI is InChI=1S/C7H13NO4/c1-3-8(4-7(10)11)6(2)12-5-9/h5-6H,3-4H2,1-2H3,(H,10,11). The monoisotopic (exact) mass is 175 g/mol. The predicted octanol–water partition coefficient (Wildman–Crippen LogP) is -0.0881. The van der Waals surface area contributed by atoms with Gasteiger partial charge in [0.2, 0.25) is 0 Å². The van der Waals surface area contributed by atoms with Crippen LogP contribution in [0, 0.1) is 0 Å². The average molecular weight is 175 g/mol. The van der Waals surface area contributed by atoms with Crippen LogP contribution in [0.1, 0.15) is 13.8 Å². The minimum Gasteiger partial charge on any atom is -0.480 e. The van der Waals surface area contributed by atoms with Gasteiger partial charge in [0.1, 0.15) is 0 Å². The molecule has 1 atom stereocenters. The summed E-state index contributed by atoms with van der Waals surface area (Å²) in [7, 11) is 0. The first-order chi connectivity index (χ1) is 5.61. The van der Waals surface area contributed by atoms with Crippen molar-refractivity contribution in [3.8, 4) is 0 Å². The number of ether oxygens (including phenoxy) is 1. The van der Waals surface area contributed by atoms with Gasteiger partial charge in [-0.1, -0.05) is 6.92 Å². The maximum Gasteiger partial charge on any atom is 0.317 e. The van der Waals surface area contributed by atoms with Crippen LogP contribution in [0.4, 0.5) is 0 Å². The number of carboxylic acids is 1. The van der Waals surface area contributed by atoms with Crippen LogP contribution < -0.4 is 0 Å². The highest BCUT2D eigenvalue weighted by Crippen LogP contribution is 1.98. The molecule has 0 fully saturated rings. The molecule has 1 N–H and O–H groups in total. The fourth-order valence-corrected chi connectivity index (χ4v) is 0.838. The van der Waals surface area contributed by atoms with E-state index in [9.17, 15) is 9.59 Å². The van der Waals surface area contributed by atoms with Crippen molar-refractivity contribution in [2.75, 3.05) is 13.1 Å². The molecule has 0 aliphatic heterocycles. The largest absolute Gasteiger partial charge is 0.480 e. The Hall–Kier alpha value is -1.10. The van der Waals surface area contributed by atoms with Crippen LogP contribution in [-0.2, 0) is 14.3 Å². The second-order valence-corrected chi connectivity index (χ2v) is 2.29. The fraction of sp³-hybridized carbons (Fsp3) is 0.714. The van der Waals surface area contributed by atoms with Gasteiger partial charge in [-0.25, -0.2) is 0 Å². The molecule has 70 valence electrons. The van der Waals surface area contributed by atoms with Gasteiger partial charge in [0.25, 0.3) is 6.47 Å². The molecule has 0 heterocycles. The summed E-state index contributed by atoms with van der Waals surface area (Å²) >= 11 is 0. The predicted molar refractivity (Wildman–Crippen MR) is 41.5 cm³/mol.